The van der Waals surface area contributed by atoms with Gasteiger partial charge in [0.1, 0.15) is 0 Å². The molecule has 2 aromatic rings. The monoisotopic (exact) mass is 354 g/mol. The van der Waals surface area contributed by atoms with Crippen molar-refractivity contribution in [3.63, 3.8) is 0 Å². The molecule has 0 saturated heterocycles. The van der Waals surface area contributed by atoms with Crippen LogP contribution in [0, 0.1) is 0 Å². The van der Waals surface area contributed by atoms with Gasteiger partial charge in [0.05, 0.1) is 17.9 Å². The van der Waals surface area contributed by atoms with Crippen LogP contribution in [0.5, 0.6) is 0 Å². The van der Waals surface area contributed by atoms with Crippen molar-refractivity contribution in [1.29, 1.82) is 0 Å². The number of primary sulfonamides is 1. The van der Waals surface area contributed by atoms with Gasteiger partial charge in [-0.05, 0) is 29.3 Å². The Bertz CT molecular complexity index is 837. The molecule has 0 radical (unpaired) electrons. The highest BCUT2D eigenvalue weighted by molar-refractivity contribution is 7.89. The molecular weight excluding hydrogens is 340 g/mol. The van der Waals surface area contributed by atoms with Gasteiger partial charge < -0.3 is 10.4 Å². The Morgan fingerprint density at radius 1 is 1.17 bits per heavy atom. The summed E-state index contributed by atoms with van der Waals surface area (Å²) in [7, 11) is -4.00. The van der Waals surface area contributed by atoms with Crippen molar-refractivity contribution in [2.24, 2.45) is 5.14 Å². The predicted molar refractivity (Wildman–Crippen MR) is 87.5 cm³/mol. The van der Waals surface area contributed by atoms with Crippen molar-refractivity contribution in [3.8, 4) is 0 Å². The number of anilines is 1. The summed E-state index contributed by atoms with van der Waals surface area (Å²) < 4.78 is 23.0. The fourth-order valence-corrected chi connectivity index (χ4v) is 3.04. The second kappa shape index (κ2) is 7.10. The summed E-state index contributed by atoms with van der Waals surface area (Å²) in [5.41, 5.74) is 1.09. The molecule has 23 heavy (non-hydrogen) atoms. The fourth-order valence-electron chi connectivity index (χ4n) is 2.05. The first-order valence-corrected chi connectivity index (χ1v) is 8.53. The first-order valence-electron chi connectivity index (χ1n) is 6.61. The van der Waals surface area contributed by atoms with Crippen molar-refractivity contribution >= 4 is 33.2 Å². The number of benzene rings is 2. The Morgan fingerprint density at radius 3 is 2.48 bits per heavy atom. The lowest BCUT2D eigenvalue weighted by molar-refractivity contribution is -0.115. The van der Waals surface area contributed by atoms with Gasteiger partial charge in [0, 0.05) is 10.7 Å². The number of carbonyl (C=O) groups is 1. The van der Waals surface area contributed by atoms with Crippen molar-refractivity contribution in [2.45, 2.75) is 17.9 Å². The van der Waals surface area contributed by atoms with Crippen molar-refractivity contribution in [3.05, 3.63) is 58.6 Å². The number of hydrogen-bond acceptors (Lipinski definition) is 4. The summed E-state index contributed by atoms with van der Waals surface area (Å²) >= 11 is 5.99. The molecule has 0 aromatic heterocycles. The van der Waals surface area contributed by atoms with Crippen LogP contribution in [0.15, 0.2) is 47.4 Å². The summed E-state index contributed by atoms with van der Waals surface area (Å²) in [6.07, 6.45) is 0.0478. The number of rotatable bonds is 5. The molecule has 122 valence electrons. The van der Waals surface area contributed by atoms with Crippen LogP contribution >= 0.6 is 11.6 Å². The van der Waals surface area contributed by atoms with Crippen LogP contribution in [0.4, 0.5) is 5.69 Å². The Kier molecular flexibility index (Phi) is 5.38. The van der Waals surface area contributed by atoms with E-state index < -0.39 is 16.6 Å². The lowest BCUT2D eigenvalue weighted by atomic mass is 10.1. The summed E-state index contributed by atoms with van der Waals surface area (Å²) in [6.45, 7) is -0.473. The molecule has 2 rings (SSSR count). The van der Waals surface area contributed by atoms with Gasteiger partial charge >= 0.3 is 0 Å². The third-order valence-electron chi connectivity index (χ3n) is 3.14. The Morgan fingerprint density at radius 2 is 1.87 bits per heavy atom. The van der Waals surface area contributed by atoms with Crippen LogP contribution in [-0.4, -0.2) is 19.4 Å². The van der Waals surface area contributed by atoms with E-state index in [9.17, 15) is 13.2 Å². The van der Waals surface area contributed by atoms with Gasteiger partial charge in [0.25, 0.3) is 0 Å². The highest BCUT2D eigenvalue weighted by Crippen LogP contribution is 2.21. The van der Waals surface area contributed by atoms with Crippen LogP contribution in [-0.2, 0) is 27.8 Å². The second-order valence-electron chi connectivity index (χ2n) is 4.84. The zero-order chi connectivity index (χ0) is 17.0. The first kappa shape index (κ1) is 17.4. The van der Waals surface area contributed by atoms with Crippen LogP contribution in [0.25, 0.3) is 0 Å². The van der Waals surface area contributed by atoms with E-state index in [4.69, 9.17) is 21.8 Å². The maximum atomic E-state index is 12.0. The Balaban J connectivity index is 2.20. The molecule has 4 N–H and O–H groups in total. The van der Waals surface area contributed by atoms with E-state index in [1.54, 1.807) is 24.3 Å². The molecule has 0 heterocycles. The van der Waals surface area contributed by atoms with Gasteiger partial charge in [0.15, 0.2) is 0 Å². The molecule has 0 aliphatic heterocycles. The minimum absolute atomic E-state index is 0.0478. The van der Waals surface area contributed by atoms with Gasteiger partial charge in [-0.1, -0.05) is 35.9 Å². The highest BCUT2D eigenvalue weighted by atomic mass is 35.5. The molecule has 0 saturated carbocycles. The summed E-state index contributed by atoms with van der Waals surface area (Å²) in [5.74, 6) is -0.352. The lowest BCUT2D eigenvalue weighted by Crippen LogP contribution is -2.17. The number of nitrogens with one attached hydrogen (secondary N) is 1. The number of nitrogens with two attached hydrogens (primary N) is 1. The molecule has 1 amide bonds. The second-order valence-corrected chi connectivity index (χ2v) is 6.78. The third-order valence-corrected chi connectivity index (χ3v) is 4.50. The number of amides is 1. The van der Waals surface area contributed by atoms with Crippen molar-refractivity contribution < 1.29 is 18.3 Å². The highest BCUT2D eigenvalue weighted by Gasteiger charge is 2.15. The molecule has 0 unspecified atom stereocenters. The SMILES string of the molecule is NS(=O)(=O)c1cc(NC(=O)Cc2ccccc2Cl)ccc1CO. The fraction of sp³-hybridized carbons (Fsp3) is 0.133. The smallest absolute Gasteiger partial charge is 0.238 e. The zero-order valence-electron chi connectivity index (χ0n) is 12.0. The van der Waals surface area contributed by atoms with E-state index >= 15 is 0 Å². The Hall–Kier alpha value is -1.93. The molecule has 0 bridgehead atoms. The van der Waals surface area contributed by atoms with E-state index in [1.165, 1.54) is 18.2 Å². The number of sulfonamides is 1. The number of aliphatic hydroxyl groups is 1. The molecule has 0 fully saturated rings. The molecule has 6 nitrogen and oxygen atoms in total. The van der Waals surface area contributed by atoms with Crippen molar-refractivity contribution in [1.82, 2.24) is 0 Å². The van der Waals surface area contributed by atoms with Crippen LogP contribution in [0.3, 0.4) is 0 Å². The van der Waals surface area contributed by atoms with E-state index in [-0.39, 0.29) is 28.5 Å². The van der Waals surface area contributed by atoms with Crippen LogP contribution in [0.1, 0.15) is 11.1 Å². The maximum Gasteiger partial charge on any atom is 0.238 e. The van der Waals surface area contributed by atoms with Gasteiger partial charge in [-0.2, -0.15) is 0 Å². The molecule has 8 heteroatoms. The summed E-state index contributed by atoms with van der Waals surface area (Å²) in [6, 6.07) is 11.0. The largest absolute Gasteiger partial charge is 0.392 e. The Labute approximate surface area is 138 Å². The standard InChI is InChI=1S/C15H15ClN2O4S/c16-13-4-2-1-3-10(13)7-15(20)18-12-6-5-11(9-19)14(8-12)23(17,21)22/h1-6,8,19H,7,9H2,(H,18,20)(H2,17,21,22). The normalized spacial score (nSPS) is 11.3. The number of hydrogen-bond donors (Lipinski definition) is 3. The maximum absolute atomic E-state index is 12.0. The topological polar surface area (TPSA) is 109 Å². The van der Waals surface area contributed by atoms with Gasteiger partial charge in [-0.15, -0.1) is 0 Å². The number of halogens is 1. The lowest BCUT2D eigenvalue weighted by Gasteiger charge is -2.10. The van der Waals surface area contributed by atoms with E-state index in [1.807, 2.05) is 0 Å². The summed E-state index contributed by atoms with van der Waals surface area (Å²) in [5, 5.41) is 17.3. The van der Waals surface area contributed by atoms with Gasteiger partial charge in [-0.25, -0.2) is 13.6 Å². The number of aliphatic hydroxyl groups excluding tert-OH is 1. The van der Waals surface area contributed by atoms with E-state index in [0.717, 1.165) is 0 Å². The number of carbonyl (C=O) groups excluding carboxylic acids is 1. The first-order chi connectivity index (χ1) is 10.8. The van der Waals surface area contributed by atoms with E-state index in [2.05, 4.69) is 5.32 Å². The average Bonchev–Trinajstić information content (AvgIpc) is 2.48. The molecule has 0 aliphatic rings. The minimum atomic E-state index is -4.00. The molecule has 0 spiro atoms. The van der Waals surface area contributed by atoms with Crippen molar-refractivity contribution in [2.75, 3.05) is 5.32 Å². The predicted octanol–water partition coefficient (Wildman–Crippen LogP) is 1.66. The van der Waals surface area contributed by atoms with Crippen LogP contribution < -0.4 is 10.5 Å². The quantitative estimate of drug-likeness (QED) is 0.758. The molecule has 2 aromatic carbocycles. The van der Waals surface area contributed by atoms with Gasteiger partial charge in [0.2, 0.25) is 15.9 Å². The summed E-state index contributed by atoms with van der Waals surface area (Å²) in [4.78, 5) is 11.8. The minimum Gasteiger partial charge on any atom is -0.392 e. The third kappa shape index (κ3) is 4.52. The van der Waals surface area contributed by atoms with E-state index in [0.29, 0.717) is 10.6 Å². The molecular formula is C15H15ClN2O4S. The molecule has 0 aliphatic carbocycles. The van der Waals surface area contributed by atoms with Gasteiger partial charge in [-0.3, -0.25) is 4.79 Å². The molecule has 0 atom stereocenters. The average molecular weight is 355 g/mol. The zero-order valence-corrected chi connectivity index (χ0v) is 13.6. The van der Waals surface area contributed by atoms with Crippen LogP contribution in [0.2, 0.25) is 5.02 Å².